The van der Waals surface area contributed by atoms with E-state index in [0.717, 1.165) is 31.6 Å². The molecule has 1 unspecified atom stereocenters. The molecule has 6 rings (SSSR count). The highest BCUT2D eigenvalue weighted by Gasteiger charge is 2.71. The lowest BCUT2D eigenvalue weighted by molar-refractivity contribution is -0.147. The van der Waals surface area contributed by atoms with Gasteiger partial charge in [-0.2, -0.15) is 0 Å². The Balaban J connectivity index is 1.37. The summed E-state index contributed by atoms with van der Waals surface area (Å²) in [5.41, 5.74) is 0.990. The second-order valence-electron chi connectivity index (χ2n) is 12.0. The van der Waals surface area contributed by atoms with Gasteiger partial charge in [-0.3, -0.25) is 19.3 Å². The van der Waals surface area contributed by atoms with Gasteiger partial charge >= 0.3 is 0 Å². The van der Waals surface area contributed by atoms with Crippen LogP contribution in [0.15, 0.2) is 54.6 Å². The van der Waals surface area contributed by atoms with E-state index in [1.54, 1.807) is 16.7 Å². The van der Waals surface area contributed by atoms with Gasteiger partial charge in [0.15, 0.2) is 0 Å². The standard InChI is InChI=1S/C32H42N4O5S/c1-2-12-34-13-6-10-25-26(29(34)38)27-30(39)36(24(22-37)21-23-8-4-3-5-9-23)28-31(40)35(14-7-11-32(27,28)42-25)16-15-33-17-19-41-20-18-33/h3-11,24-28,37H,2,12-22H2,1H3/t24-,25+,26-,27+,28?,32+/m1/s1. The van der Waals surface area contributed by atoms with Crippen LogP contribution in [0.2, 0.25) is 0 Å². The van der Waals surface area contributed by atoms with E-state index in [0.29, 0.717) is 45.8 Å². The number of fused-ring (bicyclic) bond motifs is 2. The van der Waals surface area contributed by atoms with Gasteiger partial charge in [0, 0.05) is 51.1 Å². The summed E-state index contributed by atoms with van der Waals surface area (Å²) < 4.78 is 4.62. The monoisotopic (exact) mass is 594 g/mol. The number of likely N-dealkylation sites (tertiary alicyclic amines) is 1. The van der Waals surface area contributed by atoms with Gasteiger partial charge in [-0.05, 0) is 18.4 Å². The maximum atomic E-state index is 14.7. The van der Waals surface area contributed by atoms with Crippen LogP contribution in [-0.2, 0) is 25.5 Å². The number of nitrogens with zero attached hydrogens (tertiary/aromatic N) is 4. The van der Waals surface area contributed by atoms with Crippen molar-refractivity contribution in [2.75, 3.05) is 65.6 Å². The fraction of sp³-hybridized carbons (Fsp3) is 0.594. The Bertz CT molecular complexity index is 1220. The lowest BCUT2D eigenvalue weighted by atomic mass is 9.78. The van der Waals surface area contributed by atoms with Gasteiger partial charge in [0.1, 0.15) is 6.04 Å². The van der Waals surface area contributed by atoms with Crippen LogP contribution in [0, 0.1) is 11.8 Å². The van der Waals surface area contributed by atoms with Crippen molar-refractivity contribution in [1.29, 1.82) is 0 Å². The first kappa shape index (κ1) is 29.4. The zero-order valence-electron chi connectivity index (χ0n) is 24.3. The summed E-state index contributed by atoms with van der Waals surface area (Å²) in [6.45, 7) is 7.76. The normalized spacial score (nSPS) is 32.0. The molecule has 1 spiro atoms. The molecule has 1 aromatic carbocycles. The quantitative estimate of drug-likeness (QED) is 0.433. The van der Waals surface area contributed by atoms with Crippen LogP contribution in [0.4, 0.5) is 0 Å². The predicted octanol–water partition coefficient (Wildman–Crippen LogP) is 1.43. The molecular weight excluding hydrogens is 552 g/mol. The molecule has 0 saturated carbocycles. The molecule has 3 fully saturated rings. The van der Waals surface area contributed by atoms with Crippen molar-refractivity contribution in [2.24, 2.45) is 11.8 Å². The van der Waals surface area contributed by atoms with E-state index in [1.807, 2.05) is 52.3 Å². The number of carbonyl (C=O) groups is 3. The molecule has 9 nitrogen and oxygen atoms in total. The number of hydrogen-bond donors (Lipinski definition) is 1. The summed E-state index contributed by atoms with van der Waals surface area (Å²) >= 11 is 1.60. The third-order valence-corrected chi connectivity index (χ3v) is 11.2. The van der Waals surface area contributed by atoms with Crippen LogP contribution in [0.3, 0.4) is 0 Å². The maximum Gasteiger partial charge on any atom is 0.247 e. The van der Waals surface area contributed by atoms with Gasteiger partial charge in [-0.15, -0.1) is 11.8 Å². The molecule has 5 heterocycles. The minimum Gasteiger partial charge on any atom is -0.394 e. The number of morpholine rings is 1. The van der Waals surface area contributed by atoms with E-state index in [-0.39, 0.29) is 29.6 Å². The number of ether oxygens (including phenoxy) is 1. The highest BCUT2D eigenvalue weighted by Crippen LogP contribution is 2.61. The Labute approximate surface area is 252 Å². The number of thioether (sulfide) groups is 1. The maximum absolute atomic E-state index is 14.7. The molecule has 10 heteroatoms. The van der Waals surface area contributed by atoms with Gasteiger partial charge in [0.05, 0.1) is 42.4 Å². The molecule has 6 atom stereocenters. The number of aliphatic hydroxyl groups excluding tert-OH is 1. The first-order valence-electron chi connectivity index (χ1n) is 15.3. The molecule has 1 aromatic rings. The summed E-state index contributed by atoms with van der Waals surface area (Å²) in [6, 6.07) is 8.42. The summed E-state index contributed by atoms with van der Waals surface area (Å²) in [7, 11) is 0. The topological polar surface area (TPSA) is 93.6 Å². The van der Waals surface area contributed by atoms with Crippen LogP contribution in [0.5, 0.6) is 0 Å². The first-order valence-corrected chi connectivity index (χ1v) is 16.2. The molecule has 0 aromatic heterocycles. The van der Waals surface area contributed by atoms with E-state index in [9.17, 15) is 19.5 Å². The average molecular weight is 595 g/mol. The molecule has 0 aliphatic carbocycles. The first-order chi connectivity index (χ1) is 20.5. The zero-order chi connectivity index (χ0) is 29.3. The minimum absolute atomic E-state index is 0.00643. The number of hydrogen-bond acceptors (Lipinski definition) is 7. The molecular formula is C32H42N4O5S. The molecule has 0 bridgehead atoms. The second kappa shape index (κ2) is 12.5. The van der Waals surface area contributed by atoms with Gasteiger partial charge in [-0.25, -0.2) is 0 Å². The third-order valence-electron chi connectivity index (χ3n) is 9.47. The molecule has 0 radical (unpaired) electrons. The van der Waals surface area contributed by atoms with Crippen LogP contribution >= 0.6 is 11.8 Å². The van der Waals surface area contributed by atoms with Crippen molar-refractivity contribution in [1.82, 2.24) is 19.6 Å². The van der Waals surface area contributed by atoms with E-state index >= 15 is 0 Å². The average Bonchev–Trinajstić information content (AvgIpc) is 3.34. The SMILES string of the molecule is CCCN1CC=C[C@@H]2S[C@]34C=CCN(CCN5CCOCC5)C(=O)C3N([C@@H](CO)Cc3ccccc3)C(=O)[C@@H]4[C@@H]2C1=O. The van der Waals surface area contributed by atoms with E-state index in [4.69, 9.17) is 4.74 Å². The van der Waals surface area contributed by atoms with Crippen molar-refractivity contribution in [3.05, 3.63) is 60.2 Å². The van der Waals surface area contributed by atoms with Crippen LogP contribution in [0.25, 0.3) is 0 Å². The van der Waals surface area contributed by atoms with E-state index in [2.05, 4.69) is 24.0 Å². The fourth-order valence-corrected chi connectivity index (χ4v) is 9.46. The Kier molecular flexibility index (Phi) is 8.77. The Hall–Kier alpha value is -2.66. The molecule has 1 N–H and O–H groups in total. The Morgan fingerprint density at radius 2 is 1.71 bits per heavy atom. The zero-order valence-corrected chi connectivity index (χ0v) is 25.2. The number of aliphatic hydroxyl groups is 1. The smallest absolute Gasteiger partial charge is 0.247 e. The van der Waals surface area contributed by atoms with Crippen LogP contribution < -0.4 is 0 Å². The van der Waals surface area contributed by atoms with Crippen LogP contribution in [0.1, 0.15) is 18.9 Å². The molecule has 5 aliphatic heterocycles. The number of rotatable bonds is 9. The van der Waals surface area contributed by atoms with Gasteiger partial charge in [0.2, 0.25) is 17.7 Å². The molecule has 42 heavy (non-hydrogen) atoms. The lowest BCUT2D eigenvalue weighted by Gasteiger charge is -2.39. The number of carbonyl (C=O) groups excluding carboxylic acids is 3. The molecule has 3 saturated heterocycles. The van der Waals surface area contributed by atoms with Crippen molar-refractivity contribution in [3.63, 3.8) is 0 Å². The van der Waals surface area contributed by atoms with E-state index < -0.39 is 28.7 Å². The van der Waals surface area contributed by atoms with Crippen LogP contribution in [-0.4, -0.2) is 130 Å². The van der Waals surface area contributed by atoms with Crippen molar-refractivity contribution in [3.8, 4) is 0 Å². The van der Waals surface area contributed by atoms with Crippen molar-refractivity contribution in [2.45, 2.75) is 41.8 Å². The number of amides is 3. The largest absolute Gasteiger partial charge is 0.394 e. The second-order valence-corrected chi connectivity index (χ2v) is 13.5. The third kappa shape index (κ3) is 5.20. The van der Waals surface area contributed by atoms with Crippen molar-refractivity contribution >= 4 is 29.5 Å². The van der Waals surface area contributed by atoms with Gasteiger partial charge in [0.25, 0.3) is 0 Å². The highest BCUT2D eigenvalue weighted by molar-refractivity contribution is 8.02. The molecule has 5 aliphatic rings. The van der Waals surface area contributed by atoms with E-state index in [1.165, 1.54) is 0 Å². The lowest BCUT2D eigenvalue weighted by Crippen LogP contribution is -2.57. The summed E-state index contributed by atoms with van der Waals surface area (Å²) in [6.07, 6.45) is 9.49. The highest BCUT2D eigenvalue weighted by atomic mass is 32.2. The molecule has 3 amide bonds. The molecule has 226 valence electrons. The summed E-state index contributed by atoms with van der Waals surface area (Å²) in [5.74, 6) is -1.51. The number of benzene rings is 1. The minimum atomic E-state index is -0.878. The van der Waals surface area contributed by atoms with Crippen molar-refractivity contribution < 1.29 is 24.2 Å². The van der Waals surface area contributed by atoms with Gasteiger partial charge < -0.3 is 24.5 Å². The summed E-state index contributed by atoms with van der Waals surface area (Å²) in [4.78, 5) is 51.0. The fourth-order valence-electron chi connectivity index (χ4n) is 7.46. The predicted molar refractivity (Wildman–Crippen MR) is 162 cm³/mol. The Morgan fingerprint density at radius 3 is 2.45 bits per heavy atom. The summed E-state index contributed by atoms with van der Waals surface area (Å²) in [5, 5.41) is 10.5. The Morgan fingerprint density at radius 1 is 0.976 bits per heavy atom. The van der Waals surface area contributed by atoms with Gasteiger partial charge in [-0.1, -0.05) is 61.6 Å².